The van der Waals surface area contributed by atoms with Gasteiger partial charge in [-0.05, 0) is 36.5 Å². The molecule has 1 amide bonds. The molecule has 0 unspecified atom stereocenters. The normalized spacial score (nSPS) is 18.2. The van der Waals surface area contributed by atoms with Crippen molar-refractivity contribution in [2.75, 3.05) is 25.9 Å². The minimum absolute atomic E-state index is 0.0637. The van der Waals surface area contributed by atoms with Crippen LogP contribution >= 0.6 is 0 Å². The van der Waals surface area contributed by atoms with E-state index in [9.17, 15) is 4.79 Å². The van der Waals surface area contributed by atoms with Crippen LogP contribution in [0.4, 0.5) is 5.69 Å². The fourth-order valence-corrected chi connectivity index (χ4v) is 2.34. The number of hydrogen-bond donors (Lipinski definition) is 1. The number of amides is 1. The van der Waals surface area contributed by atoms with Crippen LogP contribution in [-0.2, 0) is 0 Å². The van der Waals surface area contributed by atoms with Crippen LogP contribution in [-0.4, -0.2) is 31.0 Å². The molecule has 1 aliphatic heterocycles. The Balaban J connectivity index is 2.12. The number of methoxy groups -OCH3 is 1. The summed E-state index contributed by atoms with van der Waals surface area (Å²) in [5, 5.41) is 0. The van der Waals surface area contributed by atoms with Crippen LogP contribution < -0.4 is 10.5 Å². The summed E-state index contributed by atoms with van der Waals surface area (Å²) in [4.78, 5) is 14.3. The Morgan fingerprint density at radius 3 is 2.53 bits per heavy atom. The molecule has 2 rings (SSSR count). The zero-order chi connectivity index (χ0) is 14.0. The number of ether oxygens (including phenoxy) is 1. The lowest BCUT2D eigenvalue weighted by Crippen LogP contribution is -2.41. The summed E-state index contributed by atoms with van der Waals surface area (Å²) in [6.45, 7) is 6.14. The summed E-state index contributed by atoms with van der Waals surface area (Å²) < 4.78 is 5.16. The molecule has 0 aromatic heterocycles. The van der Waals surface area contributed by atoms with Gasteiger partial charge in [-0.25, -0.2) is 0 Å². The van der Waals surface area contributed by atoms with Crippen molar-refractivity contribution in [1.82, 2.24) is 4.90 Å². The molecule has 4 heteroatoms. The van der Waals surface area contributed by atoms with E-state index in [4.69, 9.17) is 10.5 Å². The molecule has 0 spiro atoms. The third-order valence-corrected chi connectivity index (χ3v) is 3.88. The SMILES string of the molecule is COc1cc(C(=O)N2CCC(C)(C)CC2)ccc1N. The maximum Gasteiger partial charge on any atom is 0.253 e. The van der Waals surface area contributed by atoms with Gasteiger partial charge in [0.25, 0.3) is 5.91 Å². The molecule has 1 fully saturated rings. The number of anilines is 1. The van der Waals surface area contributed by atoms with E-state index >= 15 is 0 Å². The van der Waals surface area contributed by atoms with Gasteiger partial charge in [-0.2, -0.15) is 0 Å². The van der Waals surface area contributed by atoms with Crippen molar-refractivity contribution in [2.45, 2.75) is 26.7 Å². The van der Waals surface area contributed by atoms with E-state index in [0.29, 0.717) is 22.4 Å². The van der Waals surface area contributed by atoms with E-state index in [1.54, 1.807) is 25.3 Å². The molecule has 0 bridgehead atoms. The van der Waals surface area contributed by atoms with Crippen molar-refractivity contribution in [2.24, 2.45) is 5.41 Å². The van der Waals surface area contributed by atoms with Gasteiger partial charge in [-0.3, -0.25) is 4.79 Å². The number of nitrogens with zero attached hydrogens (tertiary/aromatic N) is 1. The van der Waals surface area contributed by atoms with Gasteiger partial charge >= 0.3 is 0 Å². The van der Waals surface area contributed by atoms with Crippen LogP contribution in [0.25, 0.3) is 0 Å². The van der Waals surface area contributed by atoms with Crippen molar-refractivity contribution in [1.29, 1.82) is 0 Å². The van der Waals surface area contributed by atoms with Crippen LogP contribution in [0.5, 0.6) is 5.75 Å². The Morgan fingerprint density at radius 2 is 1.95 bits per heavy atom. The Bertz CT molecular complexity index is 473. The molecule has 0 saturated carbocycles. The average molecular weight is 262 g/mol. The second kappa shape index (κ2) is 5.11. The van der Waals surface area contributed by atoms with Gasteiger partial charge in [0, 0.05) is 18.7 Å². The first-order valence-electron chi connectivity index (χ1n) is 6.66. The summed E-state index contributed by atoms with van der Waals surface area (Å²) in [5.74, 6) is 0.622. The number of piperidine rings is 1. The van der Waals surface area contributed by atoms with Gasteiger partial charge in [-0.15, -0.1) is 0 Å². The van der Waals surface area contributed by atoms with E-state index in [0.717, 1.165) is 25.9 Å². The number of likely N-dealkylation sites (tertiary alicyclic amines) is 1. The monoisotopic (exact) mass is 262 g/mol. The average Bonchev–Trinajstić information content (AvgIpc) is 2.38. The van der Waals surface area contributed by atoms with Gasteiger partial charge in [0.05, 0.1) is 12.8 Å². The molecular formula is C15H22N2O2. The highest BCUT2D eigenvalue weighted by Gasteiger charge is 2.28. The lowest BCUT2D eigenvalue weighted by atomic mass is 9.82. The summed E-state index contributed by atoms with van der Waals surface area (Å²) in [6.07, 6.45) is 2.09. The first-order chi connectivity index (χ1) is 8.93. The van der Waals surface area contributed by atoms with E-state index in [1.807, 2.05) is 4.90 Å². The first-order valence-corrected chi connectivity index (χ1v) is 6.66. The molecule has 104 valence electrons. The Hall–Kier alpha value is -1.71. The predicted octanol–water partition coefficient (Wildman–Crippen LogP) is 2.54. The number of hydrogen-bond acceptors (Lipinski definition) is 3. The first kappa shape index (κ1) is 13.7. The predicted molar refractivity (Wildman–Crippen MR) is 76.3 cm³/mol. The van der Waals surface area contributed by atoms with Crippen molar-refractivity contribution < 1.29 is 9.53 Å². The molecule has 19 heavy (non-hydrogen) atoms. The van der Waals surface area contributed by atoms with Crippen LogP contribution in [0.3, 0.4) is 0 Å². The zero-order valence-electron chi connectivity index (χ0n) is 11.9. The van der Waals surface area contributed by atoms with Gasteiger partial charge in [0.1, 0.15) is 5.75 Å². The minimum Gasteiger partial charge on any atom is -0.495 e. The van der Waals surface area contributed by atoms with Crippen LogP contribution in [0.15, 0.2) is 18.2 Å². The fraction of sp³-hybridized carbons (Fsp3) is 0.533. The molecule has 2 N–H and O–H groups in total. The number of carbonyl (C=O) groups excluding carboxylic acids is 1. The molecule has 1 aromatic carbocycles. The van der Waals surface area contributed by atoms with E-state index in [2.05, 4.69) is 13.8 Å². The number of nitrogens with two attached hydrogens (primary N) is 1. The topological polar surface area (TPSA) is 55.6 Å². The summed E-state index contributed by atoms with van der Waals surface area (Å²) in [7, 11) is 1.56. The molecular weight excluding hydrogens is 240 g/mol. The van der Waals surface area contributed by atoms with Crippen molar-refractivity contribution >= 4 is 11.6 Å². The largest absolute Gasteiger partial charge is 0.495 e. The third kappa shape index (κ3) is 3.00. The summed E-state index contributed by atoms with van der Waals surface area (Å²) in [5.41, 5.74) is 7.31. The maximum absolute atomic E-state index is 12.4. The molecule has 4 nitrogen and oxygen atoms in total. The molecule has 1 saturated heterocycles. The van der Waals surface area contributed by atoms with Crippen LogP contribution in [0.1, 0.15) is 37.0 Å². The highest BCUT2D eigenvalue weighted by molar-refractivity contribution is 5.95. The third-order valence-electron chi connectivity index (χ3n) is 3.88. The maximum atomic E-state index is 12.4. The molecule has 1 heterocycles. The highest BCUT2D eigenvalue weighted by atomic mass is 16.5. The lowest BCUT2D eigenvalue weighted by Gasteiger charge is -2.37. The van der Waals surface area contributed by atoms with Gasteiger partial charge < -0.3 is 15.4 Å². The number of nitrogen functional groups attached to an aromatic ring is 1. The van der Waals surface area contributed by atoms with Crippen LogP contribution in [0.2, 0.25) is 0 Å². The smallest absolute Gasteiger partial charge is 0.253 e. The minimum atomic E-state index is 0.0637. The second-order valence-electron chi connectivity index (χ2n) is 5.91. The quantitative estimate of drug-likeness (QED) is 0.833. The molecule has 0 atom stereocenters. The molecule has 0 aliphatic carbocycles. The molecule has 1 aliphatic rings. The Morgan fingerprint density at radius 1 is 1.32 bits per heavy atom. The number of carbonyl (C=O) groups is 1. The number of benzene rings is 1. The summed E-state index contributed by atoms with van der Waals surface area (Å²) in [6, 6.07) is 5.21. The summed E-state index contributed by atoms with van der Waals surface area (Å²) >= 11 is 0. The van der Waals surface area contributed by atoms with E-state index < -0.39 is 0 Å². The van der Waals surface area contributed by atoms with E-state index in [1.165, 1.54) is 0 Å². The Labute approximate surface area is 114 Å². The van der Waals surface area contributed by atoms with Crippen molar-refractivity contribution in [3.8, 4) is 5.75 Å². The van der Waals surface area contributed by atoms with Gasteiger partial charge in [-0.1, -0.05) is 13.8 Å². The number of rotatable bonds is 2. The molecule has 1 aromatic rings. The van der Waals surface area contributed by atoms with Crippen LogP contribution in [0, 0.1) is 5.41 Å². The standard InChI is InChI=1S/C15H22N2O2/c1-15(2)6-8-17(9-7-15)14(18)11-4-5-12(16)13(10-11)19-3/h4-5,10H,6-9,16H2,1-3H3. The van der Waals surface area contributed by atoms with Gasteiger partial charge in [0.15, 0.2) is 0 Å². The van der Waals surface area contributed by atoms with Gasteiger partial charge in [0.2, 0.25) is 0 Å². The zero-order valence-corrected chi connectivity index (χ0v) is 11.9. The Kier molecular flexibility index (Phi) is 3.69. The van der Waals surface area contributed by atoms with E-state index in [-0.39, 0.29) is 5.91 Å². The highest BCUT2D eigenvalue weighted by Crippen LogP contribution is 2.31. The molecule has 0 radical (unpaired) electrons. The van der Waals surface area contributed by atoms with Crippen molar-refractivity contribution in [3.63, 3.8) is 0 Å². The lowest BCUT2D eigenvalue weighted by molar-refractivity contribution is 0.0630. The van der Waals surface area contributed by atoms with Crippen molar-refractivity contribution in [3.05, 3.63) is 23.8 Å². The fourth-order valence-electron chi connectivity index (χ4n) is 2.34. The second-order valence-corrected chi connectivity index (χ2v) is 5.91.